The number of hydrogen-bond acceptors (Lipinski definition) is 7. The van der Waals surface area contributed by atoms with Gasteiger partial charge in [-0.15, -0.1) is 23.2 Å². The molecule has 0 atom stereocenters. The minimum absolute atomic E-state index is 0.121. The summed E-state index contributed by atoms with van der Waals surface area (Å²) in [6.45, 7) is 23.2. The summed E-state index contributed by atoms with van der Waals surface area (Å²) < 4.78 is 49.1. The van der Waals surface area contributed by atoms with Gasteiger partial charge in [-0.05, 0) is 91.6 Å². The standard InChI is InChI=1S/C19H30ClNO4S.C12H26ClN.C8H8O2/c1-15(2)12-21(13-19(3,4)9-5-6-10-20)26(22,23)16-7-8-17-18(11-16)25-14-24-17;1-11(2)9-14-10-12(3,4)7-5-6-8-13;1-6-2-3-7-8(4-6)10-5-9-7/h7-8,11,15H,5-6,9-10,12-14H2,1-4H3;11,14H,5-10H2,1-4H3;2-4H,5H2,1H3. The molecule has 0 spiro atoms. The smallest absolute Gasteiger partial charge is 0.243 e. The van der Waals surface area contributed by atoms with Crippen molar-refractivity contribution in [1.82, 2.24) is 9.62 Å². The maximum atomic E-state index is 13.3. The molecule has 2 aromatic rings. The number of sulfonamides is 1. The molecule has 2 aliphatic heterocycles. The van der Waals surface area contributed by atoms with E-state index < -0.39 is 10.0 Å². The molecule has 0 fully saturated rings. The van der Waals surface area contributed by atoms with Gasteiger partial charge in [-0.2, -0.15) is 4.31 Å². The molecular formula is C39H64Cl2N2O6S. The average molecular weight is 760 g/mol. The maximum absolute atomic E-state index is 13.3. The van der Waals surface area contributed by atoms with E-state index >= 15 is 0 Å². The predicted octanol–water partition coefficient (Wildman–Crippen LogP) is 9.89. The Hall–Kier alpha value is -1.91. The third-order valence-electron chi connectivity index (χ3n) is 8.31. The first kappa shape index (κ1) is 44.3. The lowest BCUT2D eigenvalue weighted by molar-refractivity contribution is 0.173. The summed E-state index contributed by atoms with van der Waals surface area (Å²) in [5.74, 6) is 5.20. The highest BCUT2D eigenvalue weighted by Crippen LogP contribution is 2.36. The molecule has 0 unspecified atom stereocenters. The van der Waals surface area contributed by atoms with Gasteiger partial charge in [0.2, 0.25) is 23.6 Å². The summed E-state index contributed by atoms with van der Waals surface area (Å²) in [5.41, 5.74) is 1.50. The van der Waals surface area contributed by atoms with Crippen LogP contribution in [0.25, 0.3) is 0 Å². The lowest BCUT2D eigenvalue weighted by Gasteiger charge is -2.33. The van der Waals surface area contributed by atoms with Gasteiger partial charge in [-0.25, -0.2) is 8.42 Å². The van der Waals surface area contributed by atoms with Crippen LogP contribution in [0, 0.1) is 29.6 Å². The van der Waals surface area contributed by atoms with E-state index in [0.29, 0.717) is 42.7 Å². The summed E-state index contributed by atoms with van der Waals surface area (Å²) in [7, 11) is -3.61. The fourth-order valence-electron chi connectivity index (χ4n) is 5.59. The summed E-state index contributed by atoms with van der Waals surface area (Å²) >= 11 is 11.4. The van der Waals surface area contributed by atoms with Gasteiger partial charge < -0.3 is 24.3 Å². The average Bonchev–Trinajstić information content (AvgIpc) is 3.70. The SMILES string of the molecule is CC(C)CN(CC(C)(C)CCCCCl)S(=O)(=O)c1ccc2c(c1)OCO2.CC(C)CNCC(C)(C)CCCCCl.Cc1ccc2c(c1)OCO2. The van der Waals surface area contributed by atoms with E-state index in [1.54, 1.807) is 22.5 Å². The fraction of sp³-hybridized carbons (Fsp3) is 0.692. The second-order valence-corrected chi connectivity index (χ2v) is 18.4. The second kappa shape index (κ2) is 21.6. The number of ether oxygens (including phenoxy) is 4. The number of fused-ring (bicyclic) bond motifs is 2. The minimum atomic E-state index is -3.61. The molecule has 0 radical (unpaired) electrons. The monoisotopic (exact) mass is 758 g/mol. The third-order valence-corrected chi connectivity index (χ3v) is 10.7. The Morgan fingerprint density at radius 1 is 0.740 bits per heavy atom. The van der Waals surface area contributed by atoms with E-state index in [-0.39, 0.29) is 23.0 Å². The molecule has 0 saturated carbocycles. The lowest BCUT2D eigenvalue weighted by Crippen LogP contribution is -2.41. The molecule has 2 heterocycles. The Bertz CT molecular complexity index is 1380. The number of aryl methyl sites for hydroxylation is 1. The molecule has 4 rings (SSSR count). The molecule has 286 valence electrons. The molecule has 2 aliphatic rings. The van der Waals surface area contributed by atoms with Crippen LogP contribution in [0.5, 0.6) is 23.0 Å². The molecule has 1 N–H and O–H groups in total. The zero-order valence-corrected chi connectivity index (χ0v) is 34.4. The molecule has 0 aromatic heterocycles. The largest absolute Gasteiger partial charge is 0.454 e. The lowest BCUT2D eigenvalue weighted by atomic mass is 9.87. The van der Waals surface area contributed by atoms with Gasteiger partial charge >= 0.3 is 0 Å². The summed E-state index contributed by atoms with van der Waals surface area (Å²) in [4.78, 5) is 0.249. The van der Waals surface area contributed by atoms with Gasteiger partial charge in [0.05, 0.1) is 4.90 Å². The zero-order valence-electron chi connectivity index (χ0n) is 32.1. The Balaban J connectivity index is 0.000000299. The van der Waals surface area contributed by atoms with E-state index in [2.05, 4.69) is 46.9 Å². The van der Waals surface area contributed by atoms with Crippen LogP contribution in [0.3, 0.4) is 0 Å². The molecule has 0 aliphatic carbocycles. The molecule has 8 nitrogen and oxygen atoms in total. The summed E-state index contributed by atoms with van der Waals surface area (Å²) in [6, 6.07) is 10.7. The van der Waals surface area contributed by atoms with E-state index in [1.165, 1.54) is 18.4 Å². The number of benzene rings is 2. The van der Waals surface area contributed by atoms with Crippen molar-refractivity contribution < 1.29 is 27.4 Å². The van der Waals surface area contributed by atoms with Crippen molar-refractivity contribution >= 4 is 33.2 Å². The van der Waals surface area contributed by atoms with Crippen molar-refractivity contribution in [3.63, 3.8) is 0 Å². The minimum Gasteiger partial charge on any atom is -0.454 e. The van der Waals surface area contributed by atoms with Gasteiger partial charge in [0.15, 0.2) is 23.0 Å². The van der Waals surface area contributed by atoms with Crippen molar-refractivity contribution in [3.05, 3.63) is 42.0 Å². The maximum Gasteiger partial charge on any atom is 0.243 e. The van der Waals surface area contributed by atoms with Crippen molar-refractivity contribution in [2.45, 2.75) is 106 Å². The first-order valence-corrected chi connectivity index (χ1v) is 20.6. The van der Waals surface area contributed by atoms with Gasteiger partial charge in [-0.3, -0.25) is 0 Å². The first-order valence-electron chi connectivity index (χ1n) is 18.1. The van der Waals surface area contributed by atoms with Gasteiger partial charge in [0.1, 0.15) is 0 Å². The summed E-state index contributed by atoms with van der Waals surface area (Å²) in [6.07, 6.45) is 6.55. The zero-order chi connectivity index (χ0) is 37.4. The highest BCUT2D eigenvalue weighted by molar-refractivity contribution is 7.89. The molecule has 0 bridgehead atoms. The van der Waals surface area contributed by atoms with Crippen LogP contribution >= 0.6 is 23.2 Å². The van der Waals surface area contributed by atoms with Crippen LogP contribution in [0.15, 0.2) is 41.3 Å². The predicted molar refractivity (Wildman–Crippen MR) is 208 cm³/mol. The molecular weight excluding hydrogens is 695 g/mol. The number of rotatable bonds is 18. The van der Waals surface area contributed by atoms with E-state index in [9.17, 15) is 8.42 Å². The van der Waals surface area contributed by atoms with Crippen LogP contribution in [0.2, 0.25) is 0 Å². The highest BCUT2D eigenvalue weighted by Gasteiger charge is 2.32. The Kier molecular flexibility index (Phi) is 19.1. The van der Waals surface area contributed by atoms with Crippen LogP contribution in [0.1, 0.15) is 99.5 Å². The van der Waals surface area contributed by atoms with Crippen molar-refractivity contribution in [1.29, 1.82) is 0 Å². The van der Waals surface area contributed by atoms with E-state index in [1.807, 2.05) is 39.0 Å². The molecule has 2 aromatic carbocycles. The normalized spacial score (nSPS) is 13.7. The van der Waals surface area contributed by atoms with Gasteiger partial charge in [0, 0.05) is 37.5 Å². The number of alkyl halides is 2. The van der Waals surface area contributed by atoms with Crippen LogP contribution in [0.4, 0.5) is 0 Å². The Morgan fingerprint density at radius 2 is 1.26 bits per heavy atom. The first-order chi connectivity index (χ1) is 23.5. The Labute approximate surface area is 313 Å². The van der Waals surface area contributed by atoms with Gasteiger partial charge in [-0.1, -0.05) is 74.3 Å². The number of nitrogens with one attached hydrogen (secondary N) is 1. The molecule has 0 saturated heterocycles. The summed E-state index contributed by atoms with van der Waals surface area (Å²) in [5, 5.41) is 3.52. The van der Waals surface area contributed by atoms with Crippen molar-refractivity contribution in [3.8, 4) is 23.0 Å². The quantitative estimate of drug-likeness (QED) is 0.120. The number of nitrogens with zero attached hydrogens (tertiary/aromatic N) is 1. The number of halogens is 2. The highest BCUT2D eigenvalue weighted by atomic mass is 35.5. The van der Waals surface area contributed by atoms with Crippen molar-refractivity contribution in [2.24, 2.45) is 22.7 Å². The van der Waals surface area contributed by atoms with Crippen LogP contribution in [-0.2, 0) is 10.0 Å². The number of unbranched alkanes of at least 4 members (excludes halogenated alkanes) is 2. The van der Waals surface area contributed by atoms with Gasteiger partial charge in [0.25, 0.3) is 0 Å². The molecule has 11 heteroatoms. The fourth-order valence-corrected chi connectivity index (χ4v) is 7.77. The van der Waals surface area contributed by atoms with Crippen LogP contribution < -0.4 is 24.3 Å². The van der Waals surface area contributed by atoms with E-state index in [4.69, 9.17) is 42.1 Å². The molecule has 0 amide bonds. The Morgan fingerprint density at radius 3 is 1.80 bits per heavy atom. The van der Waals surface area contributed by atoms with Crippen molar-refractivity contribution in [2.75, 3.05) is 51.5 Å². The topological polar surface area (TPSA) is 86.3 Å². The van der Waals surface area contributed by atoms with Crippen LogP contribution in [-0.4, -0.2) is 64.2 Å². The second-order valence-electron chi connectivity index (χ2n) is 15.7. The van der Waals surface area contributed by atoms with E-state index in [0.717, 1.165) is 62.1 Å². The third kappa shape index (κ3) is 16.2. The number of hydrogen-bond donors (Lipinski definition) is 1. The molecule has 50 heavy (non-hydrogen) atoms.